The number of carboxylic acid groups (broad SMARTS) is 1. The Morgan fingerprint density at radius 1 is 1.36 bits per heavy atom. The molecule has 0 fully saturated rings. The molecule has 0 spiro atoms. The van der Waals surface area contributed by atoms with Gasteiger partial charge in [0.05, 0.1) is 16.3 Å². The third-order valence-corrected chi connectivity index (χ3v) is 3.33. The number of halogens is 1. The van der Waals surface area contributed by atoms with Gasteiger partial charge in [0.15, 0.2) is 0 Å². The molecule has 0 radical (unpaired) electrons. The average Bonchev–Trinajstić information content (AvgIpc) is 2.91. The number of benzene rings is 1. The third-order valence-electron chi connectivity index (χ3n) is 2.77. The second-order valence-electron chi connectivity index (χ2n) is 4.48. The van der Waals surface area contributed by atoms with Gasteiger partial charge in [0.25, 0.3) is 0 Å². The monoisotopic (exact) mass is 415 g/mol. The van der Waals surface area contributed by atoms with Crippen LogP contribution in [0.15, 0.2) is 42.7 Å². The second-order valence-corrected chi connectivity index (χ2v) is 5.72. The maximum absolute atomic E-state index is 11.7. The molecule has 2 N–H and O–H groups in total. The summed E-state index contributed by atoms with van der Waals surface area (Å²) in [5, 5.41) is 15.5. The number of nitrogens with one attached hydrogen (secondary N) is 1. The van der Waals surface area contributed by atoms with Crippen molar-refractivity contribution in [3.8, 4) is 0 Å². The van der Waals surface area contributed by atoms with E-state index in [4.69, 9.17) is 9.84 Å². The van der Waals surface area contributed by atoms with E-state index in [1.807, 2.05) is 30.3 Å². The van der Waals surface area contributed by atoms with Gasteiger partial charge in [-0.2, -0.15) is 5.10 Å². The van der Waals surface area contributed by atoms with E-state index in [-0.39, 0.29) is 13.2 Å². The molecule has 116 valence electrons. The van der Waals surface area contributed by atoms with E-state index in [1.54, 1.807) is 12.4 Å². The third kappa shape index (κ3) is 5.02. The molecule has 7 nitrogen and oxygen atoms in total. The molecule has 0 bridgehead atoms. The van der Waals surface area contributed by atoms with Gasteiger partial charge >= 0.3 is 12.1 Å². The molecule has 0 aliphatic carbocycles. The lowest BCUT2D eigenvalue weighted by molar-refractivity contribution is -0.139. The Morgan fingerprint density at radius 2 is 2.09 bits per heavy atom. The summed E-state index contributed by atoms with van der Waals surface area (Å²) < 4.78 is 7.35. The highest BCUT2D eigenvalue weighted by atomic mass is 127. The van der Waals surface area contributed by atoms with Crippen LogP contribution in [0.25, 0.3) is 0 Å². The van der Waals surface area contributed by atoms with Crippen LogP contribution in [-0.2, 0) is 22.7 Å². The number of carbonyl (C=O) groups is 2. The molecule has 22 heavy (non-hydrogen) atoms. The van der Waals surface area contributed by atoms with E-state index in [2.05, 4.69) is 33.0 Å². The Labute approximate surface area is 140 Å². The Kier molecular flexibility index (Phi) is 5.75. The van der Waals surface area contributed by atoms with Crippen molar-refractivity contribution in [2.75, 3.05) is 0 Å². The van der Waals surface area contributed by atoms with Gasteiger partial charge in [-0.05, 0) is 28.2 Å². The average molecular weight is 415 g/mol. The molecular weight excluding hydrogens is 401 g/mol. The summed E-state index contributed by atoms with van der Waals surface area (Å²) in [7, 11) is 0. The normalized spacial score (nSPS) is 11.7. The molecule has 2 rings (SSSR count). The van der Waals surface area contributed by atoms with Gasteiger partial charge in [-0.25, -0.2) is 9.59 Å². The summed E-state index contributed by atoms with van der Waals surface area (Å²) in [6.07, 6.45) is 2.51. The minimum atomic E-state index is -1.15. The van der Waals surface area contributed by atoms with E-state index in [0.717, 1.165) is 9.13 Å². The highest BCUT2D eigenvalue weighted by Crippen LogP contribution is 2.03. The number of aliphatic carboxylic acids is 1. The SMILES string of the molecule is O=C(NC(Cn1cc(I)cn1)C(=O)O)OCc1ccccc1. The van der Waals surface area contributed by atoms with Crippen LogP contribution >= 0.6 is 22.6 Å². The quantitative estimate of drug-likeness (QED) is 0.703. The standard InChI is InChI=1S/C14H14IN3O4/c15-11-6-16-18(7-11)8-12(13(19)20)17-14(21)22-9-10-4-2-1-3-5-10/h1-7,12H,8-9H2,(H,17,21)(H,19,20). The zero-order valence-corrected chi connectivity index (χ0v) is 13.6. The molecule has 1 aromatic carbocycles. The van der Waals surface area contributed by atoms with E-state index in [9.17, 15) is 9.59 Å². The van der Waals surface area contributed by atoms with Crippen molar-refractivity contribution in [3.63, 3.8) is 0 Å². The number of ether oxygens (including phenoxy) is 1. The van der Waals surface area contributed by atoms with E-state index >= 15 is 0 Å². The molecule has 0 aliphatic heterocycles. The second kappa shape index (κ2) is 7.78. The van der Waals surface area contributed by atoms with Crippen molar-refractivity contribution in [2.24, 2.45) is 0 Å². The molecule has 1 heterocycles. The molecular formula is C14H14IN3O4. The maximum Gasteiger partial charge on any atom is 0.408 e. The molecule has 1 unspecified atom stereocenters. The fourth-order valence-corrected chi connectivity index (χ4v) is 2.16. The van der Waals surface area contributed by atoms with Crippen molar-refractivity contribution in [1.82, 2.24) is 15.1 Å². The number of hydrogen-bond acceptors (Lipinski definition) is 4. The van der Waals surface area contributed by atoms with Crippen LogP contribution in [0.5, 0.6) is 0 Å². The summed E-state index contributed by atoms with van der Waals surface area (Å²) >= 11 is 2.07. The first-order valence-electron chi connectivity index (χ1n) is 6.42. The number of rotatable bonds is 6. The summed E-state index contributed by atoms with van der Waals surface area (Å²) in [4.78, 5) is 22.9. The van der Waals surface area contributed by atoms with Crippen LogP contribution in [0.3, 0.4) is 0 Å². The fourth-order valence-electron chi connectivity index (χ4n) is 1.72. The minimum absolute atomic E-state index is 0.0266. The highest BCUT2D eigenvalue weighted by Gasteiger charge is 2.21. The molecule has 0 saturated heterocycles. The number of aromatic nitrogens is 2. The van der Waals surface area contributed by atoms with E-state index in [0.29, 0.717) is 0 Å². The molecule has 1 amide bonds. The first kappa shape index (κ1) is 16.3. The Morgan fingerprint density at radius 3 is 2.68 bits per heavy atom. The zero-order valence-electron chi connectivity index (χ0n) is 11.5. The van der Waals surface area contributed by atoms with Gasteiger partial charge in [-0.3, -0.25) is 4.68 Å². The zero-order chi connectivity index (χ0) is 15.9. The number of amides is 1. The molecule has 1 aromatic heterocycles. The van der Waals surface area contributed by atoms with Gasteiger partial charge in [0.1, 0.15) is 12.6 Å². The van der Waals surface area contributed by atoms with Gasteiger partial charge in [0, 0.05) is 6.20 Å². The van der Waals surface area contributed by atoms with Crippen molar-refractivity contribution in [1.29, 1.82) is 0 Å². The Bertz CT molecular complexity index is 645. The first-order chi connectivity index (χ1) is 10.5. The summed E-state index contributed by atoms with van der Waals surface area (Å²) in [6, 6.07) is 8.03. The van der Waals surface area contributed by atoms with E-state index in [1.165, 1.54) is 4.68 Å². The minimum Gasteiger partial charge on any atom is -0.480 e. The topological polar surface area (TPSA) is 93.5 Å². The number of nitrogens with zero attached hydrogens (tertiary/aromatic N) is 2. The number of hydrogen-bond donors (Lipinski definition) is 2. The van der Waals surface area contributed by atoms with Crippen LogP contribution < -0.4 is 5.32 Å². The van der Waals surface area contributed by atoms with Gasteiger partial charge in [0.2, 0.25) is 0 Å². The van der Waals surface area contributed by atoms with Gasteiger partial charge < -0.3 is 15.2 Å². The molecule has 0 aliphatic rings. The maximum atomic E-state index is 11.7. The van der Waals surface area contributed by atoms with Crippen LogP contribution in [0, 0.1) is 3.57 Å². The van der Waals surface area contributed by atoms with Crippen molar-refractivity contribution < 1.29 is 19.4 Å². The molecule has 2 aromatic rings. The lowest BCUT2D eigenvalue weighted by Gasteiger charge is -2.14. The van der Waals surface area contributed by atoms with Crippen molar-refractivity contribution in [3.05, 3.63) is 51.9 Å². The summed E-state index contributed by atoms with van der Waals surface area (Å²) in [5.74, 6) is -1.15. The highest BCUT2D eigenvalue weighted by molar-refractivity contribution is 14.1. The smallest absolute Gasteiger partial charge is 0.408 e. The number of carbonyl (C=O) groups excluding carboxylic acids is 1. The van der Waals surface area contributed by atoms with Crippen LogP contribution in [-0.4, -0.2) is 33.0 Å². The first-order valence-corrected chi connectivity index (χ1v) is 7.50. The van der Waals surface area contributed by atoms with Crippen LogP contribution in [0.4, 0.5) is 4.79 Å². The lowest BCUT2D eigenvalue weighted by Crippen LogP contribution is -2.44. The van der Waals surface area contributed by atoms with Crippen molar-refractivity contribution >= 4 is 34.7 Å². The lowest BCUT2D eigenvalue weighted by atomic mass is 10.2. The van der Waals surface area contributed by atoms with Crippen LogP contribution in [0.1, 0.15) is 5.56 Å². The summed E-state index contributed by atoms with van der Waals surface area (Å²) in [5.41, 5.74) is 0.825. The predicted molar refractivity (Wildman–Crippen MR) is 86.1 cm³/mol. The number of carboxylic acids is 1. The van der Waals surface area contributed by atoms with Crippen molar-refractivity contribution in [2.45, 2.75) is 19.2 Å². The Balaban J connectivity index is 1.87. The fraction of sp³-hybridized carbons (Fsp3) is 0.214. The largest absolute Gasteiger partial charge is 0.480 e. The molecule has 1 atom stereocenters. The van der Waals surface area contributed by atoms with Gasteiger partial charge in [-0.1, -0.05) is 30.3 Å². The number of alkyl carbamates (subject to hydrolysis) is 1. The molecule has 0 saturated carbocycles. The predicted octanol–water partition coefficient (Wildman–Crippen LogP) is 1.87. The molecule has 8 heteroatoms. The van der Waals surface area contributed by atoms with Gasteiger partial charge in [-0.15, -0.1) is 0 Å². The summed E-state index contributed by atoms with van der Waals surface area (Å²) in [6.45, 7) is 0.109. The van der Waals surface area contributed by atoms with Crippen LogP contribution in [0.2, 0.25) is 0 Å². The Hall–Kier alpha value is -2.10. The van der Waals surface area contributed by atoms with E-state index < -0.39 is 18.1 Å².